The van der Waals surface area contributed by atoms with Crippen LogP contribution in [0.5, 0.6) is 0 Å². The van der Waals surface area contributed by atoms with E-state index in [1.54, 1.807) is 20.8 Å². The zero-order chi connectivity index (χ0) is 13.1. The Morgan fingerprint density at radius 2 is 2.18 bits per heavy atom. The van der Waals surface area contributed by atoms with Crippen molar-refractivity contribution >= 4 is 18.3 Å². The molecule has 0 unspecified atom stereocenters. The summed E-state index contributed by atoms with van der Waals surface area (Å²) in [6.07, 6.45) is 0.781. The normalized spacial score (nSPS) is 24.8. The highest BCUT2D eigenvalue weighted by Gasteiger charge is 2.30. The van der Waals surface area contributed by atoms with Gasteiger partial charge in [0.25, 0.3) is 0 Å². The van der Waals surface area contributed by atoms with Crippen molar-refractivity contribution < 1.29 is 19.1 Å². The molecule has 0 aromatic rings. The lowest BCUT2D eigenvalue weighted by Gasteiger charge is -2.30. The summed E-state index contributed by atoms with van der Waals surface area (Å²) in [5, 5.41) is 5.10. The number of amides is 2. The minimum atomic E-state index is -0.677. The van der Waals surface area contributed by atoms with Crippen LogP contribution in [0.3, 0.4) is 0 Å². The smallest absolute Gasteiger partial charge is 0.407 e. The van der Waals surface area contributed by atoms with Crippen LogP contribution in [-0.2, 0) is 14.3 Å². The first kappa shape index (κ1) is 13.5. The average molecular weight is 242 g/mol. The Bertz CT molecular complexity index is 322. The number of ether oxygens (including phenoxy) is 1. The fourth-order valence-electron chi connectivity index (χ4n) is 1.57. The second-order valence-corrected chi connectivity index (χ2v) is 5.02. The van der Waals surface area contributed by atoms with E-state index < -0.39 is 23.8 Å². The van der Waals surface area contributed by atoms with E-state index in [2.05, 4.69) is 10.6 Å². The maximum atomic E-state index is 11.5. The van der Waals surface area contributed by atoms with Crippen molar-refractivity contribution in [3.8, 4) is 0 Å². The molecule has 1 aliphatic heterocycles. The van der Waals surface area contributed by atoms with Crippen molar-refractivity contribution in [1.82, 2.24) is 10.6 Å². The minimum absolute atomic E-state index is 0.177. The van der Waals surface area contributed by atoms with Gasteiger partial charge in [-0.2, -0.15) is 0 Å². The van der Waals surface area contributed by atoms with E-state index in [0.717, 1.165) is 0 Å². The Morgan fingerprint density at radius 1 is 1.53 bits per heavy atom. The van der Waals surface area contributed by atoms with Gasteiger partial charge in [0, 0.05) is 6.42 Å². The van der Waals surface area contributed by atoms with Crippen LogP contribution in [0.2, 0.25) is 0 Å². The zero-order valence-electron chi connectivity index (χ0n) is 10.3. The zero-order valence-corrected chi connectivity index (χ0v) is 10.3. The summed E-state index contributed by atoms with van der Waals surface area (Å²) >= 11 is 0. The van der Waals surface area contributed by atoms with Crippen LogP contribution >= 0.6 is 0 Å². The van der Waals surface area contributed by atoms with E-state index in [0.29, 0.717) is 19.1 Å². The lowest BCUT2D eigenvalue weighted by Crippen LogP contribution is -2.56. The second kappa shape index (κ2) is 5.16. The second-order valence-electron chi connectivity index (χ2n) is 5.02. The first-order chi connectivity index (χ1) is 7.81. The Morgan fingerprint density at radius 3 is 2.71 bits per heavy atom. The molecule has 6 heteroatoms. The standard InChI is InChI=1S/C11H18N2O4/c1-11(2,3)17-10(16)13-7-4-5-9(15)12-8(7)6-14/h6-8H,4-5H2,1-3H3,(H,12,15)(H,13,16)/t7-,8+/m1/s1. The molecule has 0 aliphatic carbocycles. The number of aldehydes is 1. The van der Waals surface area contributed by atoms with Crippen LogP contribution in [0.1, 0.15) is 33.6 Å². The summed E-state index contributed by atoms with van der Waals surface area (Å²) in [5.41, 5.74) is -0.585. The van der Waals surface area contributed by atoms with Gasteiger partial charge in [-0.25, -0.2) is 4.79 Å². The van der Waals surface area contributed by atoms with Crippen molar-refractivity contribution in [3.05, 3.63) is 0 Å². The first-order valence-corrected chi connectivity index (χ1v) is 5.56. The third kappa shape index (κ3) is 4.42. The molecule has 17 heavy (non-hydrogen) atoms. The molecule has 2 atom stereocenters. The number of hydrogen-bond donors (Lipinski definition) is 2. The quantitative estimate of drug-likeness (QED) is 0.685. The number of piperidine rings is 1. The van der Waals surface area contributed by atoms with Gasteiger partial charge < -0.3 is 20.2 Å². The van der Waals surface area contributed by atoms with Gasteiger partial charge in [-0.15, -0.1) is 0 Å². The van der Waals surface area contributed by atoms with E-state index in [9.17, 15) is 14.4 Å². The predicted octanol–water partition coefficient (Wildman–Crippen LogP) is 0.357. The molecule has 1 rings (SSSR count). The fraction of sp³-hybridized carbons (Fsp3) is 0.727. The average Bonchev–Trinajstić information content (AvgIpc) is 2.17. The third-order valence-corrected chi connectivity index (χ3v) is 2.29. The largest absolute Gasteiger partial charge is 0.444 e. The van der Waals surface area contributed by atoms with Crippen LogP contribution in [0, 0.1) is 0 Å². The number of carbonyl (C=O) groups excluding carboxylic acids is 3. The SMILES string of the molecule is CC(C)(C)OC(=O)N[C@@H]1CCC(=O)N[C@H]1C=O. The molecule has 0 bridgehead atoms. The molecule has 2 amide bonds. The van der Waals surface area contributed by atoms with Crippen molar-refractivity contribution in [2.75, 3.05) is 0 Å². The molecule has 1 heterocycles. The number of nitrogens with one attached hydrogen (secondary N) is 2. The van der Waals surface area contributed by atoms with E-state index in [4.69, 9.17) is 4.74 Å². The number of carbonyl (C=O) groups is 3. The molecule has 1 saturated heterocycles. The van der Waals surface area contributed by atoms with Gasteiger partial charge in [0.15, 0.2) is 0 Å². The van der Waals surface area contributed by atoms with Crippen molar-refractivity contribution in [1.29, 1.82) is 0 Å². The van der Waals surface area contributed by atoms with Gasteiger partial charge in [0.05, 0.1) is 6.04 Å². The van der Waals surface area contributed by atoms with Gasteiger partial charge in [-0.3, -0.25) is 4.79 Å². The van der Waals surface area contributed by atoms with Gasteiger partial charge >= 0.3 is 6.09 Å². The molecule has 0 aromatic heterocycles. The Kier molecular flexibility index (Phi) is 4.09. The Labute approximate surface area is 100 Å². The predicted molar refractivity (Wildman–Crippen MR) is 60.4 cm³/mol. The molecule has 1 fully saturated rings. The minimum Gasteiger partial charge on any atom is -0.444 e. The molecule has 6 nitrogen and oxygen atoms in total. The van der Waals surface area contributed by atoms with Gasteiger partial charge in [-0.05, 0) is 27.2 Å². The van der Waals surface area contributed by atoms with E-state index in [1.165, 1.54) is 0 Å². The summed E-state index contributed by atoms with van der Waals surface area (Å²) in [7, 11) is 0. The van der Waals surface area contributed by atoms with E-state index >= 15 is 0 Å². The van der Waals surface area contributed by atoms with Crippen LogP contribution in [0.25, 0.3) is 0 Å². The van der Waals surface area contributed by atoms with Crippen molar-refractivity contribution in [2.24, 2.45) is 0 Å². The Hall–Kier alpha value is -1.59. The maximum absolute atomic E-state index is 11.5. The monoisotopic (exact) mass is 242 g/mol. The van der Waals surface area contributed by atoms with Crippen LogP contribution < -0.4 is 10.6 Å². The van der Waals surface area contributed by atoms with Crippen molar-refractivity contribution in [2.45, 2.75) is 51.3 Å². The van der Waals surface area contributed by atoms with Gasteiger partial charge in [0.1, 0.15) is 17.9 Å². The van der Waals surface area contributed by atoms with E-state index in [-0.39, 0.29) is 5.91 Å². The number of hydrogen-bond acceptors (Lipinski definition) is 4. The molecule has 2 N–H and O–H groups in total. The van der Waals surface area contributed by atoms with Crippen LogP contribution in [0.15, 0.2) is 0 Å². The molecule has 96 valence electrons. The lowest BCUT2D eigenvalue weighted by molar-refractivity contribution is -0.126. The van der Waals surface area contributed by atoms with Crippen molar-refractivity contribution in [3.63, 3.8) is 0 Å². The first-order valence-electron chi connectivity index (χ1n) is 5.56. The summed E-state index contributed by atoms with van der Waals surface area (Å²) in [6, 6.07) is -1.08. The van der Waals surface area contributed by atoms with Gasteiger partial charge in [-0.1, -0.05) is 0 Å². The number of rotatable bonds is 2. The fourth-order valence-corrected chi connectivity index (χ4v) is 1.57. The van der Waals surface area contributed by atoms with Crippen LogP contribution in [0.4, 0.5) is 4.79 Å². The highest BCUT2D eigenvalue weighted by molar-refractivity contribution is 5.82. The summed E-state index contributed by atoms with van der Waals surface area (Å²) < 4.78 is 5.08. The topological polar surface area (TPSA) is 84.5 Å². The molecular formula is C11H18N2O4. The molecule has 0 aromatic carbocycles. The summed E-state index contributed by atoms with van der Waals surface area (Å²) in [5.74, 6) is -0.177. The molecular weight excluding hydrogens is 224 g/mol. The Balaban J connectivity index is 2.52. The maximum Gasteiger partial charge on any atom is 0.407 e. The molecule has 0 radical (unpaired) electrons. The van der Waals surface area contributed by atoms with Gasteiger partial charge in [0.2, 0.25) is 5.91 Å². The summed E-state index contributed by atoms with van der Waals surface area (Å²) in [6.45, 7) is 5.27. The third-order valence-electron chi connectivity index (χ3n) is 2.29. The lowest BCUT2D eigenvalue weighted by atomic mass is 9.99. The number of alkyl carbamates (subject to hydrolysis) is 1. The van der Waals surface area contributed by atoms with E-state index in [1.807, 2.05) is 0 Å². The molecule has 0 spiro atoms. The molecule has 1 aliphatic rings. The molecule has 0 saturated carbocycles. The highest BCUT2D eigenvalue weighted by atomic mass is 16.6. The highest BCUT2D eigenvalue weighted by Crippen LogP contribution is 2.11. The summed E-state index contributed by atoms with van der Waals surface area (Å²) in [4.78, 5) is 33.4. The van der Waals surface area contributed by atoms with Crippen LogP contribution in [-0.4, -0.2) is 36.0 Å².